The Labute approximate surface area is 67.1 Å². The van der Waals surface area contributed by atoms with Gasteiger partial charge in [0.05, 0.1) is 6.04 Å². The lowest BCUT2D eigenvalue weighted by molar-refractivity contribution is -0.118. The molecule has 1 amide bonds. The van der Waals surface area contributed by atoms with Gasteiger partial charge in [0.15, 0.2) is 0 Å². The first-order valence-corrected chi connectivity index (χ1v) is 3.42. The van der Waals surface area contributed by atoms with Crippen LogP contribution >= 0.6 is 0 Å². The topological polar surface area (TPSA) is 121 Å². The van der Waals surface area contributed by atoms with E-state index in [9.17, 15) is 4.79 Å². The Morgan fingerprint density at radius 1 is 1.36 bits per heavy atom. The molecule has 0 fully saturated rings. The number of rotatable bonds is 2. The number of carbonyl (C=O) groups is 1. The van der Waals surface area contributed by atoms with Crippen LogP contribution in [0.15, 0.2) is 0 Å². The van der Waals surface area contributed by atoms with Crippen molar-refractivity contribution >= 4 is 5.91 Å². The Balaban J connectivity index is 0. The van der Waals surface area contributed by atoms with E-state index in [-0.39, 0.29) is 6.04 Å². The Hall–Kier alpha value is -0.650. The van der Waals surface area contributed by atoms with E-state index in [0.29, 0.717) is 6.54 Å². The van der Waals surface area contributed by atoms with Crippen LogP contribution in [0.1, 0.15) is 13.8 Å². The summed E-state index contributed by atoms with van der Waals surface area (Å²) in [6, 6.07) is -0.347. The highest BCUT2D eigenvalue weighted by Gasteiger charge is 1.96. The van der Waals surface area contributed by atoms with E-state index < -0.39 is 11.9 Å². The number of hydrogen-bond acceptors (Lipinski definition) is 4. The monoisotopic (exact) mass is 162 g/mol. The Kier molecular flexibility index (Phi) is 8.80. The van der Waals surface area contributed by atoms with Gasteiger partial charge in [-0.25, -0.2) is 0 Å². The lowest BCUT2D eigenvalue weighted by atomic mass is 10.4. The van der Waals surface area contributed by atoms with E-state index in [1.54, 1.807) is 6.92 Å². The highest BCUT2D eigenvalue weighted by atomic mass is 16.1. The smallest absolute Gasteiger partial charge is 0.234 e. The second kappa shape index (κ2) is 7.46. The van der Waals surface area contributed by atoms with Gasteiger partial charge in [-0.2, -0.15) is 0 Å². The maximum Gasteiger partial charge on any atom is 0.234 e. The van der Waals surface area contributed by atoms with Crippen molar-refractivity contribution in [2.45, 2.75) is 25.9 Å². The predicted octanol–water partition coefficient (Wildman–Crippen LogP) is -1.89. The van der Waals surface area contributed by atoms with Gasteiger partial charge in [-0.05, 0) is 13.8 Å². The Morgan fingerprint density at radius 3 is 1.55 bits per heavy atom. The van der Waals surface area contributed by atoms with Crippen molar-refractivity contribution in [3.05, 3.63) is 0 Å². The van der Waals surface area contributed by atoms with Gasteiger partial charge in [0.25, 0.3) is 0 Å². The maximum absolute atomic E-state index is 9.80. The fourth-order valence-corrected chi connectivity index (χ4v) is 0. The molecule has 8 N–H and O–H groups in total. The minimum Gasteiger partial charge on any atom is -0.368 e. The van der Waals surface area contributed by atoms with E-state index in [4.69, 9.17) is 17.2 Å². The fraction of sp³-hybridized carbons (Fsp3) is 0.833. The summed E-state index contributed by atoms with van der Waals surface area (Å²) in [5.74, 6) is -0.463. The second-order valence-electron chi connectivity index (χ2n) is 2.40. The molecular formula is C6H18N4O. The van der Waals surface area contributed by atoms with Gasteiger partial charge < -0.3 is 22.9 Å². The molecule has 0 heterocycles. The summed E-state index contributed by atoms with van der Waals surface area (Å²) >= 11 is 0. The summed E-state index contributed by atoms with van der Waals surface area (Å²) < 4.78 is 0. The first-order chi connectivity index (χ1) is 4.91. The molecule has 0 aliphatic carbocycles. The number of carbonyl (C=O) groups excluding carboxylic acids is 1. The summed E-state index contributed by atoms with van der Waals surface area (Å²) in [5.41, 5.74) is 19.8. The predicted molar refractivity (Wildman–Crippen MR) is 45.5 cm³/mol. The largest absolute Gasteiger partial charge is 0.368 e. The highest BCUT2D eigenvalue weighted by molar-refractivity contribution is 5.78. The minimum absolute atomic E-state index is 0.162. The quantitative estimate of drug-likeness (QED) is 0.379. The lowest BCUT2D eigenvalue weighted by Crippen LogP contribution is -2.32. The molecule has 0 aromatic heterocycles. The average Bonchev–Trinajstić information content (AvgIpc) is 1.89. The molecule has 0 rings (SSSR count). The van der Waals surface area contributed by atoms with Gasteiger partial charge in [0, 0.05) is 12.6 Å². The third-order valence-corrected chi connectivity index (χ3v) is 0.821. The molecule has 11 heavy (non-hydrogen) atoms. The van der Waals surface area contributed by atoms with Crippen LogP contribution in [0.5, 0.6) is 0 Å². The van der Waals surface area contributed by atoms with Gasteiger partial charge in [0.2, 0.25) is 5.91 Å². The molecule has 2 atom stereocenters. The minimum atomic E-state index is -0.509. The van der Waals surface area contributed by atoms with Crippen molar-refractivity contribution in [3.8, 4) is 0 Å². The average molecular weight is 162 g/mol. The molecule has 5 heteroatoms. The third-order valence-electron chi connectivity index (χ3n) is 0.821. The van der Waals surface area contributed by atoms with Crippen LogP contribution in [-0.2, 0) is 4.79 Å². The van der Waals surface area contributed by atoms with Gasteiger partial charge in [-0.3, -0.25) is 4.79 Å². The molecule has 0 aromatic rings. The van der Waals surface area contributed by atoms with Crippen molar-refractivity contribution in [1.29, 1.82) is 0 Å². The van der Waals surface area contributed by atoms with Crippen LogP contribution in [0, 0.1) is 0 Å². The van der Waals surface area contributed by atoms with Crippen LogP contribution in [0.2, 0.25) is 0 Å². The van der Waals surface area contributed by atoms with Crippen molar-refractivity contribution in [2.24, 2.45) is 22.9 Å². The van der Waals surface area contributed by atoms with Gasteiger partial charge >= 0.3 is 0 Å². The lowest BCUT2D eigenvalue weighted by Gasteiger charge is -1.92. The van der Waals surface area contributed by atoms with Gasteiger partial charge in [-0.15, -0.1) is 0 Å². The van der Waals surface area contributed by atoms with Crippen molar-refractivity contribution < 1.29 is 4.79 Å². The van der Waals surface area contributed by atoms with Crippen LogP contribution in [-0.4, -0.2) is 24.5 Å². The van der Waals surface area contributed by atoms with E-state index in [1.165, 1.54) is 0 Å². The number of nitrogens with two attached hydrogens (primary N) is 4. The molecule has 1 unspecified atom stereocenters. The summed E-state index contributed by atoms with van der Waals surface area (Å²) in [4.78, 5) is 9.80. The first-order valence-electron chi connectivity index (χ1n) is 3.42. The summed E-state index contributed by atoms with van der Waals surface area (Å²) in [6.07, 6.45) is 0. The number of hydrogen-bond donors (Lipinski definition) is 4. The standard InChI is InChI=1S/C3H8N2O.C3H10N2/c1-2(4)3(5)6;1-3(5)2-4/h2H,4H2,1H3,(H2,5,6);3H,2,4-5H2,1H3/t2-;/m0./s1. The molecule has 0 spiro atoms. The van der Waals surface area contributed by atoms with E-state index in [1.807, 2.05) is 6.92 Å². The summed E-state index contributed by atoms with van der Waals surface area (Å²) in [5, 5.41) is 0. The maximum atomic E-state index is 9.80. The van der Waals surface area contributed by atoms with Crippen LogP contribution < -0.4 is 22.9 Å². The molecule has 0 aliphatic rings. The molecule has 0 aromatic carbocycles. The molecule has 0 bridgehead atoms. The SMILES string of the molecule is CC(N)CN.C[C@H](N)C(N)=O. The zero-order chi connectivity index (χ0) is 9.44. The highest BCUT2D eigenvalue weighted by Crippen LogP contribution is 1.64. The van der Waals surface area contributed by atoms with Crippen molar-refractivity contribution in [2.75, 3.05) is 6.54 Å². The van der Waals surface area contributed by atoms with Crippen LogP contribution in [0.4, 0.5) is 0 Å². The van der Waals surface area contributed by atoms with Gasteiger partial charge in [0.1, 0.15) is 0 Å². The number of amides is 1. The zero-order valence-electron chi connectivity index (χ0n) is 7.08. The Bertz CT molecular complexity index is 103. The Morgan fingerprint density at radius 2 is 1.55 bits per heavy atom. The van der Waals surface area contributed by atoms with Crippen molar-refractivity contribution in [1.82, 2.24) is 0 Å². The summed E-state index contributed by atoms with van der Waals surface area (Å²) in [6.45, 7) is 4.00. The van der Waals surface area contributed by atoms with Crippen LogP contribution in [0.25, 0.3) is 0 Å². The second-order valence-corrected chi connectivity index (χ2v) is 2.40. The van der Waals surface area contributed by atoms with E-state index >= 15 is 0 Å². The van der Waals surface area contributed by atoms with E-state index in [2.05, 4.69) is 5.73 Å². The fourth-order valence-electron chi connectivity index (χ4n) is 0. The molecular weight excluding hydrogens is 144 g/mol. The molecule has 0 saturated heterocycles. The molecule has 0 aliphatic heterocycles. The normalized spacial score (nSPS) is 14.3. The number of primary amides is 1. The molecule has 0 radical (unpaired) electrons. The molecule has 68 valence electrons. The van der Waals surface area contributed by atoms with E-state index in [0.717, 1.165) is 0 Å². The van der Waals surface area contributed by atoms with Crippen LogP contribution in [0.3, 0.4) is 0 Å². The first kappa shape index (κ1) is 13.0. The summed E-state index contributed by atoms with van der Waals surface area (Å²) in [7, 11) is 0. The molecule has 5 nitrogen and oxygen atoms in total. The third kappa shape index (κ3) is 17.6. The zero-order valence-corrected chi connectivity index (χ0v) is 7.08. The van der Waals surface area contributed by atoms with Crippen molar-refractivity contribution in [3.63, 3.8) is 0 Å². The van der Waals surface area contributed by atoms with Gasteiger partial charge in [-0.1, -0.05) is 0 Å². The molecule has 0 saturated carbocycles.